The number of ether oxygens (including phenoxy) is 1. The Bertz CT molecular complexity index is 406. The van der Waals surface area contributed by atoms with Crippen LogP contribution in [0, 0.1) is 0 Å². The van der Waals surface area contributed by atoms with Crippen LogP contribution in [0.5, 0.6) is 0 Å². The van der Waals surface area contributed by atoms with E-state index in [4.69, 9.17) is 0 Å². The summed E-state index contributed by atoms with van der Waals surface area (Å²) < 4.78 is 4.49. The van der Waals surface area contributed by atoms with Crippen molar-refractivity contribution in [3.8, 4) is 0 Å². The first-order valence-corrected chi connectivity index (χ1v) is 6.39. The molecule has 0 aromatic heterocycles. The Morgan fingerprint density at radius 2 is 2.06 bits per heavy atom. The lowest BCUT2D eigenvalue weighted by atomic mass is 10.2. The minimum Gasteiger partial charge on any atom is -0.469 e. The molecule has 1 aromatic carbocycles. The first-order valence-electron chi connectivity index (χ1n) is 5.17. The van der Waals surface area contributed by atoms with Crippen molar-refractivity contribution < 1.29 is 14.3 Å². The van der Waals surface area contributed by atoms with Crippen molar-refractivity contribution in [3.05, 3.63) is 29.8 Å². The normalized spacial score (nSPS) is 9.76. The van der Waals surface area contributed by atoms with E-state index in [1.54, 1.807) is 6.07 Å². The van der Waals surface area contributed by atoms with Gasteiger partial charge < -0.3 is 10.1 Å². The molecular formula is C12H15NO3S. The van der Waals surface area contributed by atoms with Crippen molar-refractivity contribution in [1.82, 2.24) is 5.32 Å². The van der Waals surface area contributed by atoms with E-state index in [1.165, 1.54) is 18.9 Å². The van der Waals surface area contributed by atoms with Gasteiger partial charge in [0.25, 0.3) is 5.91 Å². The number of esters is 1. The van der Waals surface area contributed by atoms with Gasteiger partial charge in [-0.2, -0.15) is 0 Å². The van der Waals surface area contributed by atoms with E-state index in [2.05, 4.69) is 10.1 Å². The van der Waals surface area contributed by atoms with E-state index < -0.39 is 0 Å². The monoisotopic (exact) mass is 253 g/mol. The molecule has 0 aliphatic heterocycles. The zero-order valence-electron chi connectivity index (χ0n) is 9.86. The minimum absolute atomic E-state index is 0.168. The van der Waals surface area contributed by atoms with Crippen molar-refractivity contribution in [1.29, 1.82) is 0 Å². The first kappa shape index (κ1) is 13.6. The summed E-state index contributed by atoms with van der Waals surface area (Å²) in [4.78, 5) is 23.6. The third-order valence-corrected chi connectivity index (χ3v) is 2.99. The third kappa shape index (κ3) is 4.11. The molecule has 0 bridgehead atoms. The van der Waals surface area contributed by atoms with E-state index in [9.17, 15) is 9.59 Å². The summed E-state index contributed by atoms with van der Waals surface area (Å²) in [6, 6.07) is 7.35. The maximum Gasteiger partial charge on any atom is 0.307 e. The Morgan fingerprint density at radius 3 is 2.71 bits per heavy atom. The van der Waals surface area contributed by atoms with Crippen molar-refractivity contribution in [2.24, 2.45) is 0 Å². The van der Waals surface area contributed by atoms with Crippen LogP contribution in [-0.4, -0.2) is 31.8 Å². The maximum absolute atomic E-state index is 11.8. The Morgan fingerprint density at radius 1 is 1.35 bits per heavy atom. The fourth-order valence-electron chi connectivity index (χ4n) is 1.31. The number of amides is 1. The summed E-state index contributed by atoms with van der Waals surface area (Å²) in [5.41, 5.74) is 0.630. The summed E-state index contributed by atoms with van der Waals surface area (Å²) in [5, 5.41) is 2.69. The second-order valence-electron chi connectivity index (χ2n) is 3.28. The number of nitrogens with one attached hydrogen (secondary N) is 1. The predicted octanol–water partition coefficient (Wildman–Crippen LogP) is 1.70. The fraction of sp³-hybridized carbons (Fsp3) is 0.333. The standard InChI is InChI=1S/C12H15NO3S/c1-16-11(14)7-8-13-12(15)9-5-3-4-6-10(9)17-2/h3-6H,7-8H2,1-2H3,(H,13,15). The molecule has 1 N–H and O–H groups in total. The molecule has 5 heteroatoms. The van der Waals surface area contributed by atoms with Crippen molar-refractivity contribution in [3.63, 3.8) is 0 Å². The third-order valence-electron chi connectivity index (χ3n) is 2.19. The van der Waals surface area contributed by atoms with Gasteiger partial charge in [-0.15, -0.1) is 11.8 Å². The van der Waals surface area contributed by atoms with Gasteiger partial charge in [-0.05, 0) is 18.4 Å². The van der Waals surface area contributed by atoms with Gasteiger partial charge in [0.05, 0.1) is 19.1 Å². The molecule has 0 saturated carbocycles. The van der Waals surface area contributed by atoms with Gasteiger partial charge in [-0.1, -0.05) is 12.1 Å². The largest absolute Gasteiger partial charge is 0.469 e. The highest BCUT2D eigenvalue weighted by atomic mass is 32.2. The fourth-order valence-corrected chi connectivity index (χ4v) is 1.90. The average molecular weight is 253 g/mol. The number of benzene rings is 1. The Kier molecular flexibility index (Phi) is 5.56. The second kappa shape index (κ2) is 6.96. The van der Waals surface area contributed by atoms with Crippen LogP contribution < -0.4 is 5.32 Å². The van der Waals surface area contributed by atoms with Crippen LogP contribution in [0.1, 0.15) is 16.8 Å². The molecular weight excluding hydrogens is 238 g/mol. The number of hydrogen-bond donors (Lipinski definition) is 1. The molecule has 1 rings (SSSR count). The first-order chi connectivity index (χ1) is 8.19. The molecule has 0 saturated heterocycles. The maximum atomic E-state index is 11.8. The predicted molar refractivity (Wildman–Crippen MR) is 67.2 cm³/mol. The molecule has 0 radical (unpaired) electrons. The molecule has 0 aliphatic carbocycles. The van der Waals surface area contributed by atoms with E-state index >= 15 is 0 Å². The quantitative estimate of drug-likeness (QED) is 0.641. The molecule has 0 aliphatic rings. The van der Waals surface area contributed by atoms with Crippen molar-refractivity contribution in [2.45, 2.75) is 11.3 Å². The number of methoxy groups -OCH3 is 1. The average Bonchev–Trinajstić information content (AvgIpc) is 2.38. The lowest BCUT2D eigenvalue weighted by Gasteiger charge is -2.07. The molecule has 17 heavy (non-hydrogen) atoms. The molecule has 92 valence electrons. The van der Waals surface area contributed by atoms with E-state index in [-0.39, 0.29) is 24.8 Å². The lowest BCUT2D eigenvalue weighted by Crippen LogP contribution is -2.26. The molecule has 1 aromatic rings. The molecule has 0 atom stereocenters. The summed E-state index contributed by atoms with van der Waals surface area (Å²) in [6.07, 6.45) is 2.10. The second-order valence-corrected chi connectivity index (χ2v) is 4.13. The number of thioether (sulfide) groups is 1. The number of rotatable bonds is 5. The highest BCUT2D eigenvalue weighted by Gasteiger charge is 2.10. The Hall–Kier alpha value is -1.49. The van der Waals surface area contributed by atoms with Crippen LogP contribution in [0.4, 0.5) is 0 Å². The zero-order chi connectivity index (χ0) is 12.7. The number of carbonyl (C=O) groups is 2. The van der Waals surface area contributed by atoms with Crippen molar-refractivity contribution in [2.75, 3.05) is 19.9 Å². The van der Waals surface area contributed by atoms with Crippen LogP contribution >= 0.6 is 11.8 Å². The topological polar surface area (TPSA) is 55.4 Å². The van der Waals surface area contributed by atoms with Crippen molar-refractivity contribution >= 4 is 23.6 Å². The van der Waals surface area contributed by atoms with Gasteiger partial charge in [0, 0.05) is 11.4 Å². The summed E-state index contributed by atoms with van der Waals surface area (Å²) in [7, 11) is 1.33. The highest BCUT2D eigenvalue weighted by molar-refractivity contribution is 7.98. The molecule has 1 amide bonds. The van der Waals surface area contributed by atoms with Gasteiger partial charge >= 0.3 is 5.97 Å². The Balaban J connectivity index is 2.55. The Labute approximate surface area is 105 Å². The number of hydrogen-bond acceptors (Lipinski definition) is 4. The van der Waals surface area contributed by atoms with Gasteiger partial charge in [0.2, 0.25) is 0 Å². The van der Waals surface area contributed by atoms with E-state index in [1.807, 2.05) is 24.5 Å². The van der Waals surface area contributed by atoms with Crippen LogP contribution in [0.3, 0.4) is 0 Å². The smallest absolute Gasteiger partial charge is 0.307 e. The van der Waals surface area contributed by atoms with E-state index in [0.717, 1.165) is 4.90 Å². The summed E-state index contributed by atoms with van der Waals surface area (Å²) >= 11 is 1.52. The van der Waals surface area contributed by atoms with Gasteiger partial charge in [0.1, 0.15) is 0 Å². The van der Waals surface area contributed by atoms with Crippen LogP contribution in [-0.2, 0) is 9.53 Å². The SMILES string of the molecule is COC(=O)CCNC(=O)c1ccccc1SC. The molecule has 0 fully saturated rings. The molecule has 0 heterocycles. The highest BCUT2D eigenvalue weighted by Crippen LogP contribution is 2.19. The van der Waals surface area contributed by atoms with E-state index in [0.29, 0.717) is 5.56 Å². The van der Waals surface area contributed by atoms with Gasteiger partial charge in [0.15, 0.2) is 0 Å². The van der Waals surface area contributed by atoms with Crippen LogP contribution in [0.15, 0.2) is 29.2 Å². The molecule has 0 unspecified atom stereocenters. The zero-order valence-corrected chi connectivity index (χ0v) is 10.7. The van der Waals surface area contributed by atoms with Crippen LogP contribution in [0.2, 0.25) is 0 Å². The molecule has 4 nitrogen and oxygen atoms in total. The lowest BCUT2D eigenvalue weighted by molar-refractivity contribution is -0.140. The summed E-state index contributed by atoms with van der Waals surface area (Å²) in [5.74, 6) is -0.498. The summed E-state index contributed by atoms with van der Waals surface area (Å²) in [6.45, 7) is 0.286. The molecule has 0 spiro atoms. The van der Waals surface area contributed by atoms with Crippen LogP contribution in [0.25, 0.3) is 0 Å². The minimum atomic E-state index is -0.330. The van der Waals surface area contributed by atoms with Gasteiger partial charge in [-0.3, -0.25) is 9.59 Å². The van der Waals surface area contributed by atoms with Gasteiger partial charge in [-0.25, -0.2) is 0 Å². The number of carbonyl (C=O) groups excluding carboxylic acids is 2.